The molecule has 1 aromatic rings. The second kappa shape index (κ2) is 5.63. The topological polar surface area (TPSA) is 84.3 Å². The Morgan fingerprint density at radius 2 is 1.89 bits per heavy atom. The molecule has 0 saturated carbocycles. The van der Waals surface area contributed by atoms with Crippen LogP contribution in [0.4, 0.5) is 21.5 Å². The van der Waals surface area contributed by atoms with Crippen molar-refractivity contribution in [3.63, 3.8) is 0 Å². The molecule has 18 heavy (non-hydrogen) atoms. The van der Waals surface area contributed by atoms with E-state index in [1.807, 2.05) is 13.8 Å². The van der Waals surface area contributed by atoms with Gasteiger partial charge in [-0.05, 0) is 18.9 Å². The number of hydrogen-bond acceptors (Lipinski definition) is 4. The van der Waals surface area contributed by atoms with E-state index >= 15 is 0 Å². The predicted octanol–water partition coefficient (Wildman–Crippen LogP) is 2.61. The van der Waals surface area contributed by atoms with E-state index < -0.39 is 11.4 Å². The molecular weight excluding hydrogens is 257 g/mol. The molecule has 0 radical (unpaired) electrons. The fourth-order valence-electron chi connectivity index (χ4n) is 1.75. The predicted molar refractivity (Wildman–Crippen MR) is 74.3 cm³/mol. The molecular formula is C12H19ClFN3O. The van der Waals surface area contributed by atoms with Gasteiger partial charge in [-0.3, -0.25) is 0 Å². The van der Waals surface area contributed by atoms with Crippen LogP contribution in [0.2, 0.25) is 5.02 Å². The number of hydrogen-bond donors (Lipinski definition) is 4. The first-order chi connectivity index (χ1) is 8.40. The summed E-state index contributed by atoms with van der Waals surface area (Å²) in [6.07, 6.45) is 1.25. The number of nitrogen functional groups attached to an aromatic ring is 2. The Hall–Kier alpha value is -1.20. The summed E-state index contributed by atoms with van der Waals surface area (Å²) in [6.45, 7) is 3.68. The van der Waals surface area contributed by atoms with Gasteiger partial charge in [0.1, 0.15) is 5.02 Å². The molecule has 0 aromatic heterocycles. The lowest BCUT2D eigenvalue weighted by atomic mass is 9.93. The maximum absolute atomic E-state index is 14.0. The molecule has 0 bridgehead atoms. The SMILES string of the molecule is CCC(CC)(CO)Nc1c(N)cc(N)c(Cl)c1F. The van der Waals surface area contributed by atoms with Crippen molar-refractivity contribution in [2.24, 2.45) is 0 Å². The molecule has 0 atom stereocenters. The highest BCUT2D eigenvalue weighted by Gasteiger charge is 2.28. The first-order valence-corrected chi connectivity index (χ1v) is 6.20. The molecule has 0 aliphatic carbocycles. The summed E-state index contributed by atoms with van der Waals surface area (Å²) in [5.74, 6) is -0.686. The van der Waals surface area contributed by atoms with E-state index in [0.29, 0.717) is 12.8 Å². The van der Waals surface area contributed by atoms with Crippen LogP contribution in [0.25, 0.3) is 0 Å². The van der Waals surface area contributed by atoms with Gasteiger partial charge in [-0.2, -0.15) is 0 Å². The van der Waals surface area contributed by atoms with Gasteiger partial charge < -0.3 is 21.9 Å². The number of anilines is 3. The van der Waals surface area contributed by atoms with E-state index in [4.69, 9.17) is 23.1 Å². The van der Waals surface area contributed by atoms with Crippen LogP contribution < -0.4 is 16.8 Å². The van der Waals surface area contributed by atoms with Crippen LogP contribution in [0.5, 0.6) is 0 Å². The standard InChI is InChI=1S/C12H19ClFN3O/c1-3-12(4-2,6-18)17-11-8(16)5-7(15)9(13)10(11)14/h5,17-18H,3-4,6,15-16H2,1-2H3. The minimum Gasteiger partial charge on any atom is -0.397 e. The van der Waals surface area contributed by atoms with Crippen LogP contribution in [-0.2, 0) is 0 Å². The molecule has 0 fully saturated rings. The van der Waals surface area contributed by atoms with Gasteiger partial charge in [0.05, 0.1) is 29.2 Å². The minimum atomic E-state index is -0.686. The third-order valence-corrected chi connectivity index (χ3v) is 3.70. The average Bonchev–Trinajstić information content (AvgIpc) is 2.37. The van der Waals surface area contributed by atoms with Crippen LogP contribution in [0, 0.1) is 5.82 Å². The minimum absolute atomic E-state index is 0.0898. The fourth-order valence-corrected chi connectivity index (χ4v) is 1.90. The van der Waals surface area contributed by atoms with Gasteiger partial charge in [-0.25, -0.2) is 4.39 Å². The largest absolute Gasteiger partial charge is 0.397 e. The average molecular weight is 276 g/mol. The van der Waals surface area contributed by atoms with Crippen molar-refractivity contribution in [2.75, 3.05) is 23.4 Å². The van der Waals surface area contributed by atoms with Crippen LogP contribution in [0.15, 0.2) is 6.07 Å². The molecule has 0 unspecified atom stereocenters. The molecule has 0 aliphatic rings. The van der Waals surface area contributed by atoms with E-state index in [1.165, 1.54) is 6.07 Å². The van der Waals surface area contributed by atoms with E-state index in [1.54, 1.807) is 0 Å². The fraction of sp³-hybridized carbons (Fsp3) is 0.500. The highest BCUT2D eigenvalue weighted by atomic mass is 35.5. The molecule has 4 nitrogen and oxygen atoms in total. The monoisotopic (exact) mass is 275 g/mol. The Kier molecular flexibility index (Phi) is 4.65. The zero-order chi connectivity index (χ0) is 13.9. The Labute approximate surface area is 111 Å². The van der Waals surface area contributed by atoms with Crippen molar-refractivity contribution in [3.8, 4) is 0 Å². The Bertz CT molecular complexity index is 428. The molecule has 0 amide bonds. The zero-order valence-corrected chi connectivity index (χ0v) is 11.3. The van der Waals surface area contributed by atoms with Gasteiger partial charge in [0, 0.05) is 0 Å². The second-order valence-electron chi connectivity index (χ2n) is 4.33. The number of aliphatic hydroxyl groups is 1. The van der Waals surface area contributed by atoms with Gasteiger partial charge >= 0.3 is 0 Å². The maximum atomic E-state index is 14.0. The summed E-state index contributed by atoms with van der Waals surface area (Å²) in [5.41, 5.74) is 11.0. The smallest absolute Gasteiger partial charge is 0.169 e. The Morgan fingerprint density at radius 3 is 2.33 bits per heavy atom. The third-order valence-electron chi connectivity index (χ3n) is 3.31. The summed E-state index contributed by atoms with van der Waals surface area (Å²) in [7, 11) is 0. The Morgan fingerprint density at radius 1 is 1.33 bits per heavy atom. The summed E-state index contributed by atoms with van der Waals surface area (Å²) in [5, 5.41) is 12.3. The summed E-state index contributed by atoms with van der Waals surface area (Å²) in [6, 6.07) is 1.40. The van der Waals surface area contributed by atoms with Crippen molar-refractivity contribution in [2.45, 2.75) is 32.2 Å². The maximum Gasteiger partial charge on any atom is 0.169 e. The van der Waals surface area contributed by atoms with E-state index in [0.717, 1.165) is 0 Å². The van der Waals surface area contributed by atoms with E-state index in [2.05, 4.69) is 5.32 Å². The van der Waals surface area contributed by atoms with Crippen LogP contribution in [0.3, 0.4) is 0 Å². The van der Waals surface area contributed by atoms with Crippen LogP contribution in [0.1, 0.15) is 26.7 Å². The van der Waals surface area contributed by atoms with Crippen molar-refractivity contribution in [1.82, 2.24) is 0 Å². The molecule has 6 N–H and O–H groups in total. The van der Waals surface area contributed by atoms with Gasteiger partial charge in [-0.1, -0.05) is 25.4 Å². The molecule has 0 aliphatic heterocycles. The first kappa shape index (κ1) is 14.9. The second-order valence-corrected chi connectivity index (χ2v) is 4.71. The zero-order valence-electron chi connectivity index (χ0n) is 10.6. The number of halogens is 2. The highest BCUT2D eigenvalue weighted by Crippen LogP contribution is 2.36. The number of aliphatic hydroxyl groups excluding tert-OH is 1. The first-order valence-electron chi connectivity index (χ1n) is 5.82. The molecule has 1 aromatic carbocycles. The molecule has 102 valence electrons. The molecule has 0 heterocycles. The lowest BCUT2D eigenvalue weighted by molar-refractivity contribution is 0.202. The van der Waals surface area contributed by atoms with Crippen LogP contribution >= 0.6 is 11.6 Å². The van der Waals surface area contributed by atoms with Gasteiger partial charge in [-0.15, -0.1) is 0 Å². The lowest BCUT2D eigenvalue weighted by Gasteiger charge is -2.32. The number of nitrogens with one attached hydrogen (secondary N) is 1. The van der Waals surface area contributed by atoms with Crippen molar-refractivity contribution >= 4 is 28.7 Å². The van der Waals surface area contributed by atoms with Crippen molar-refractivity contribution < 1.29 is 9.50 Å². The quantitative estimate of drug-likeness (QED) is 0.623. The molecule has 0 saturated heterocycles. The number of benzene rings is 1. The van der Waals surface area contributed by atoms with Gasteiger partial charge in [0.15, 0.2) is 5.82 Å². The van der Waals surface area contributed by atoms with Crippen molar-refractivity contribution in [1.29, 1.82) is 0 Å². The lowest BCUT2D eigenvalue weighted by Crippen LogP contribution is -2.41. The highest BCUT2D eigenvalue weighted by molar-refractivity contribution is 6.33. The normalized spacial score (nSPS) is 11.6. The summed E-state index contributed by atoms with van der Waals surface area (Å²) < 4.78 is 14.0. The summed E-state index contributed by atoms with van der Waals surface area (Å²) >= 11 is 5.76. The van der Waals surface area contributed by atoms with E-state index in [9.17, 15) is 9.50 Å². The van der Waals surface area contributed by atoms with E-state index in [-0.39, 0.29) is 28.7 Å². The molecule has 6 heteroatoms. The Balaban J connectivity index is 3.22. The van der Waals surface area contributed by atoms with Gasteiger partial charge in [0.2, 0.25) is 0 Å². The van der Waals surface area contributed by atoms with Crippen molar-refractivity contribution in [3.05, 3.63) is 16.9 Å². The molecule has 1 rings (SSSR count). The molecule has 0 spiro atoms. The van der Waals surface area contributed by atoms with Crippen LogP contribution in [-0.4, -0.2) is 17.3 Å². The number of nitrogens with two attached hydrogens (primary N) is 2. The summed E-state index contributed by atoms with van der Waals surface area (Å²) in [4.78, 5) is 0. The van der Waals surface area contributed by atoms with Gasteiger partial charge in [0.25, 0.3) is 0 Å². The number of rotatable bonds is 5. The third kappa shape index (κ3) is 2.62.